The van der Waals surface area contributed by atoms with Crippen molar-refractivity contribution in [1.29, 1.82) is 0 Å². The zero-order chi connectivity index (χ0) is 16.8. The summed E-state index contributed by atoms with van der Waals surface area (Å²) in [6.45, 7) is 3.48. The molecule has 0 fully saturated rings. The Labute approximate surface area is 135 Å². The predicted octanol–water partition coefficient (Wildman–Crippen LogP) is 2.05. The van der Waals surface area contributed by atoms with Crippen LogP contribution in [0.4, 0.5) is 0 Å². The summed E-state index contributed by atoms with van der Waals surface area (Å²) >= 11 is 0. The predicted molar refractivity (Wildman–Crippen MR) is 85.7 cm³/mol. The first-order valence-corrected chi connectivity index (χ1v) is 7.25. The summed E-state index contributed by atoms with van der Waals surface area (Å²) in [7, 11) is 0. The van der Waals surface area contributed by atoms with Crippen molar-refractivity contribution in [3.05, 3.63) is 47.4 Å². The average molecular weight is 320 g/mol. The lowest BCUT2D eigenvalue weighted by molar-refractivity contribution is 0.0687. The molecule has 0 unspecified atom stereocenters. The van der Waals surface area contributed by atoms with Crippen LogP contribution in [-0.2, 0) is 0 Å². The molecule has 0 saturated heterocycles. The van der Waals surface area contributed by atoms with Crippen molar-refractivity contribution in [3.8, 4) is 11.4 Å². The molecular formula is C16H12N6O2. The molecule has 8 heteroatoms. The lowest BCUT2D eigenvalue weighted by Gasteiger charge is -2.02. The summed E-state index contributed by atoms with van der Waals surface area (Å²) in [6.07, 6.45) is 0. The number of carboxylic acid groups (broad SMARTS) is 1. The Hall–Kier alpha value is -3.42. The van der Waals surface area contributed by atoms with Gasteiger partial charge in [-0.25, -0.2) is 19.3 Å². The largest absolute Gasteiger partial charge is 0.476 e. The highest BCUT2D eigenvalue weighted by Crippen LogP contribution is 2.24. The fourth-order valence-electron chi connectivity index (χ4n) is 2.65. The lowest BCUT2D eigenvalue weighted by atomic mass is 10.2. The first kappa shape index (κ1) is 14.2. The molecule has 0 amide bonds. The van der Waals surface area contributed by atoms with E-state index in [9.17, 15) is 9.90 Å². The molecule has 0 aliphatic rings. The molecule has 0 aliphatic carbocycles. The van der Waals surface area contributed by atoms with Crippen LogP contribution in [0.25, 0.3) is 28.1 Å². The molecule has 0 aliphatic heterocycles. The quantitative estimate of drug-likeness (QED) is 0.602. The number of rotatable bonds is 2. The van der Waals surface area contributed by atoms with Crippen molar-refractivity contribution in [2.45, 2.75) is 13.8 Å². The van der Waals surface area contributed by atoms with Crippen LogP contribution in [0.2, 0.25) is 0 Å². The van der Waals surface area contributed by atoms with Crippen LogP contribution in [-0.4, -0.2) is 40.9 Å². The molecule has 4 aromatic rings. The zero-order valence-electron chi connectivity index (χ0n) is 12.9. The fourth-order valence-corrected chi connectivity index (χ4v) is 2.65. The number of benzene rings is 1. The SMILES string of the molecule is Cc1nc(-c2ccccc2)nc2nn3c(C)c(C(=O)O)nnc3c12. The van der Waals surface area contributed by atoms with Crippen molar-refractivity contribution < 1.29 is 9.90 Å². The van der Waals surface area contributed by atoms with Crippen LogP contribution in [0.15, 0.2) is 30.3 Å². The number of carboxylic acids is 1. The van der Waals surface area contributed by atoms with Crippen LogP contribution in [0, 0.1) is 13.8 Å². The second-order valence-corrected chi connectivity index (χ2v) is 5.37. The van der Waals surface area contributed by atoms with Gasteiger partial charge in [-0.3, -0.25) is 0 Å². The van der Waals surface area contributed by atoms with Gasteiger partial charge in [0.05, 0.1) is 16.8 Å². The maximum Gasteiger partial charge on any atom is 0.358 e. The third-order valence-electron chi connectivity index (χ3n) is 3.83. The summed E-state index contributed by atoms with van der Waals surface area (Å²) < 4.78 is 1.46. The Morgan fingerprint density at radius 3 is 2.54 bits per heavy atom. The summed E-state index contributed by atoms with van der Waals surface area (Å²) in [5, 5.41) is 22.0. The van der Waals surface area contributed by atoms with E-state index in [4.69, 9.17) is 0 Å². The number of hydrogen-bond donors (Lipinski definition) is 1. The zero-order valence-corrected chi connectivity index (χ0v) is 12.9. The smallest absolute Gasteiger partial charge is 0.358 e. The molecule has 3 aromatic heterocycles. The molecule has 0 radical (unpaired) electrons. The minimum atomic E-state index is -1.14. The van der Waals surface area contributed by atoms with E-state index in [0.29, 0.717) is 33.9 Å². The number of aryl methyl sites for hydroxylation is 2. The standard InChI is InChI=1S/C16H12N6O2/c1-8-11-14(18-13(17-8)10-6-4-3-5-7-10)21-22-9(2)12(16(23)24)19-20-15(11)22/h3-7H,1-2H3,(H,23,24). The van der Waals surface area contributed by atoms with Crippen molar-refractivity contribution in [2.24, 2.45) is 0 Å². The van der Waals surface area contributed by atoms with Gasteiger partial charge < -0.3 is 5.11 Å². The fraction of sp³-hybridized carbons (Fsp3) is 0.125. The summed E-state index contributed by atoms with van der Waals surface area (Å²) in [5.41, 5.74) is 2.76. The Balaban J connectivity index is 2.04. The van der Waals surface area contributed by atoms with Gasteiger partial charge in [0.15, 0.2) is 22.8 Å². The normalized spacial score (nSPS) is 11.2. The second kappa shape index (κ2) is 5.05. The molecule has 8 nitrogen and oxygen atoms in total. The van der Waals surface area contributed by atoms with Gasteiger partial charge in [0.1, 0.15) is 0 Å². The summed E-state index contributed by atoms with van der Waals surface area (Å²) in [6, 6.07) is 9.59. The second-order valence-electron chi connectivity index (χ2n) is 5.37. The van der Waals surface area contributed by atoms with Gasteiger partial charge in [0.25, 0.3) is 0 Å². The summed E-state index contributed by atoms with van der Waals surface area (Å²) in [5.74, 6) is -0.581. The molecule has 0 saturated carbocycles. The number of nitrogens with zero attached hydrogens (tertiary/aromatic N) is 6. The van der Waals surface area contributed by atoms with Gasteiger partial charge in [-0.05, 0) is 13.8 Å². The number of hydrogen-bond acceptors (Lipinski definition) is 6. The van der Waals surface area contributed by atoms with E-state index >= 15 is 0 Å². The summed E-state index contributed by atoms with van der Waals surface area (Å²) in [4.78, 5) is 20.2. The maximum absolute atomic E-state index is 11.2. The minimum absolute atomic E-state index is 0.135. The van der Waals surface area contributed by atoms with Gasteiger partial charge in [-0.2, -0.15) is 0 Å². The van der Waals surface area contributed by atoms with Gasteiger partial charge in [0.2, 0.25) is 0 Å². The van der Waals surface area contributed by atoms with E-state index in [0.717, 1.165) is 5.56 Å². The van der Waals surface area contributed by atoms with E-state index in [2.05, 4.69) is 25.3 Å². The van der Waals surface area contributed by atoms with E-state index in [1.807, 2.05) is 37.3 Å². The molecule has 118 valence electrons. The first-order valence-electron chi connectivity index (χ1n) is 7.25. The van der Waals surface area contributed by atoms with E-state index in [1.54, 1.807) is 6.92 Å². The van der Waals surface area contributed by atoms with Crippen LogP contribution < -0.4 is 0 Å². The van der Waals surface area contributed by atoms with Crippen molar-refractivity contribution in [2.75, 3.05) is 0 Å². The third-order valence-corrected chi connectivity index (χ3v) is 3.83. The van der Waals surface area contributed by atoms with E-state index in [-0.39, 0.29) is 5.69 Å². The van der Waals surface area contributed by atoms with Crippen molar-refractivity contribution in [1.82, 2.24) is 29.8 Å². The average Bonchev–Trinajstić information content (AvgIpc) is 2.95. The Morgan fingerprint density at radius 2 is 1.83 bits per heavy atom. The number of fused-ring (bicyclic) bond motifs is 3. The monoisotopic (exact) mass is 320 g/mol. The Kier molecular flexibility index (Phi) is 2.99. The molecule has 0 spiro atoms. The number of aromatic nitrogens is 6. The molecule has 1 N–H and O–H groups in total. The van der Waals surface area contributed by atoms with Crippen molar-refractivity contribution >= 4 is 22.6 Å². The molecule has 24 heavy (non-hydrogen) atoms. The van der Waals surface area contributed by atoms with Crippen LogP contribution in [0.3, 0.4) is 0 Å². The highest BCUT2D eigenvalue weighted by atomic mass is 16.4. The first-order chi connectivity index (χ1) is 11.6. The van der Waals surface area contributed by atoms with E-state index in [1.165, 1.54) is 4.52 Å². The van der Waals surface area contributed by atoms with Gasteiger partial charge in [-0.1, -0.05) is 30.3 Å². The number of aromatic carboxylic acids is 1. The molecule has 3 heterocycles. The van der Waals surface area contributed by atoms with Crippen LogP contribution in [0.1, 0.15) is 21.9 Å². The van der Waals surface area contributed by atoms with Gasteiger partial charge in [0, 0.05) is 5.56 Å². The minimum Gasteiger partial charge on any atom is -0.476 e. The molecule has 0 atom stereocenters. The highest BCUT2D eigenvalue weighted by molar-refractivity contribution is 5.93. The van der Waals surface area contributed by atoms with Gasteiger partial charge in [-0.15, -0.1) is 15.3 Å². The third kappa shape index (κ3) is 2.00. The topological polar surface area (TPSA) is 106 Å². The Bertz CT molecular complexity index is 1100. The Morgan fingerprint density at radius 1 is 1.08 bits per heavy atom. The lowest BCUT2D eigenvalue weighted by Crippen LogP contribution is -2.10. The maximum atomic E-state index is 11.2. The molecule has 4 rings (SSSR count). The van der Waals surface area contributed by atoms with Crippen LogP contribution in [0.5, 0.6) is 0 Å². The number of carbonyl (C=O) groups is 1. The molecule has 0 bridgehead atoms. The molecular weight excluding hydrogens is 308 g/mol. The van der Waals surface area contributed by atoms with Gasteiger partial charge >= 0.3 is 5.97 Å². The molecule has 1 aromatic carbocycles. The highest BCUT2D eigenvalue weighted by Gasteiger charge is 2.19. The van der Waals surface area contributed by atoms with E-state index < -0.39 is 5.97 Å². The van der Waals surface area contributed by atoms with Crippen molar-refractivity contribution in [3.63, 3.8) is 0 Å². The van der Waals surface area contributed by atoms with Crippen LogP contribution >= 0.6 is 0 Å².